The van der Waals surface area contributed by atoms with Crippen molar-refractivity contribution in [3.63, 3.8) is 0 Å². The standard InChI is InChI=1S/C26H29N5O3/c1-17-14-25(31-24(28-17)15-23(29-31)19-5-8-21(33-3)9-6-19)30-12-10-20(11-13-30)26(32)27-16-22-7-4-18(2)34-22/h4-9,14-15,20H,10-13,16H2,1-3H3,(H,27,32). The maximum atomic E-state index is 12.7. The van der Waals surface area contributed by atoms with Crippen LogP contribution in [0.2, 0.25) is 0 Å². The van der Waals surface area contributed by atoms with E-state index in [-0.39, 0.29) is 11.8 Å². The van der Waals surface area contributed by atoms with Gasteiger partial charge >= 0.3 is 0 Å². The van der Waals surface area contributed by atoms with E-state index >= 15 is 0 Å². The van der Waals surface area contributed by atoms with Crippen LogP contribution in [0.4, 0.5) is 5.82 Å². The summed E-state index contributed by atoms with van der Waals surface area (Å²) in [7, 11) is 1.66. The van der Waals surface area contributed by atoms with Crippen molar-refractivity contribution in [2.24, 2.45) is 5.92 Å². The van der Waals surface area contributed by atoms with Crippen molar-refractivity contribution in [2.75, 3.05) is 25.1 Å². The molecular formula is C26H29N5O3. The van der Waals surface area contributed by atoms with Crippen LogP contribution in [0.3, 0.4) is 0 Å². The number of hydrogen-bond donors (Lipinski definition) is 1. The van der Waals surface area contributed by atoms with Gasteiger partial charge in [-0.2, -0.15) is 9.61 Å². The van der Waals surface area contributed by atoms with Crippen molar-refractivity contribution in [3.05, 3.63) is 65.7 Å². The van der Waals surface area contributed by atoms with Gasteiger partial charge in [-0.25, -0.2) is 4.98 Å². The number of ether oxygens (including phenoxy) is 1. The maximum Gasteiger partial charge on any atom is 0.223 e. The number of nitrogens with zero attached hydrogens (tertiary/aromatic N) is 4. The molecular weight excluding hydrogens is 430 g/mol. The number of furan rings is 1. The van der Waals surface area contributed by atoms with E-state index in [1.165, 1.54) is 0 Å². The molecule has 0 bridgehead atoms. The number of anilines is 1. The van der Waals surface area contributed by atoms with Crippen LogP contribution in [-0.4, -0.2) is 40.7 Å². The van der Waals surface area contributed by atoms with Gasteiger partial charge in [0.1, 0.15) is 23.1 Å². The number of carbonyl (C=O) groups excluding carboxylic acids is 1. The van der Waals surface area contributed by atoms with Crippen molar-refractivity contribution in [1.29, 1.82) is 0 Å². The fraction of sp³-hybridized carbons (Fsp3) is 0.346. The molecule has 1 N–H and O–H groups in total. The van der Waals surface area contributed by atoms with Gasteiger partial charge in [0.15, 0.2) is 5.65 Å². The molecule has 1 fully saturated rings. The fourth-order valence-corrected chi connectivity index (χ4v) is 4.48. The molecule has 34 heavy (non-hydrogen) atoms. The monoisotopic (exact) mass is 459 g/mol. The molecule has 1 saturated heterocycles. The Morgan fingerprint density at radius 3 is 2.56 bits per heavy atom. The van der Waals surface area contributed by atoms with Gasteiger partial charge in [-0.15, -0.1) is 0 Å². The summed E-state index contributed by atoms with van der Waals surface area (Å²) < 4.78 is 12.7. The molecule has 1 aliphatic heterocycles. The largest absolute Gasteiger partial charge is 0.497 e. The van der Waals surface area contributed by atoms with Crippen LogP contribution in [0.15, 0.2) is 52.9 Å². The Balaban J connectivity index is 1.29. The highest BCUT2D eigenvalue weighted by molar-refractivity contribution is 5.79. The summed E-state index contributed by atoms with van der Waals surface area (Å²) in [6.07, 6.45) is 1.58. The summed E-state index contributed by atoms with van der Waals surface area (Å²) >= 11 is 0. The molecule has 5 rings (SSSR count). The smallest absolute Gasteiger partial charge is 0.223 e. The molecule has 4 heterocycles. The third-order valence-electron chi connectivity index (χ3n) is 6.34. The molecule has 4 aromatic rings. The minimum absolute atomic E-state index is 0.00165. The number of methoxy groups -OCH3 is 1. The molecule has 3 aromatic heterocycles. The van der Waals surface area contributed by atoms with E-state index in [2.05, 4.69) is 21.3 Å². The molecule has 0 unspecified atom stereocenters. The first-order valence-corrected chi connectivity index (χ1v) is 11.6. The molecule has 1 aliphatic rings. The zero-order valence-electron chi connectivity index (χ0n) is 19.7. The van der Waals surface area contributed by atoms with Crippen molar-refractivity contribution in [1.82, 2.24) is 19.9 Å². The Kier molecular flexibility index (Phi) is 5.96. The maximum absolute atomic E-state index is 12.7. The highest BCUT2D eigenvalue weighted by Crippen LogP contribution is 2.28. The molecule has 0 atom stereocenters. The summed E-state index contributed by atoms with van der Waals surface area (Å²) in [5.41, 5.74) is 3.63. The number of benzene rings is 1. The van der Waals surface area contributed by atoms with Crippen LogP contribution >= 0.6 is 0 Å². The van der Waals surface area contributed by atoms with Crippen LogP contribution in [0, 0.1) is 19.8 Å². The molecule has 0 aliphatic carbocycles. The normalized spacial score (nSPS) is 14.5. The van der Waals surface area contributed by atoms with Gasteiger partial charge in [-0.1, -0.05) is 0 Å². The Bertz CT molecular complexity index is 1300. The molecule has 0 spiro atoms. The van der Waals surface area contributed by atoms with E-state index in [4.69, 9.17) is 14.3 Å². The van der Waals surface area contributed by atoms with E-state index < -0.39 is 0 Å². The van der Waals surface area contributed by atoms with Crippen molar-refractivity contribution in [2.45, 2.75) is 33.2 Å². The third-order valence-corrected chi connectivity index (χ3v) is 6.34. The first kappa shape index (κ1) is 22.0. The lowest BCUT2D eigenvalue weighted by atomic mass is 9.96. The average Bonchev–Trinajstić information content (AvgIpc) is 3.48. The van der Waals surface area contributed by atoms with Gasteiger partial charge < -0.3 is 19.4 Å². The van der Waals surface area contributed by atoms with Gasteiger partial charge in [0.2, 0.25) is 5.91 Å². The zero-order valence-corrected chi connectivity index (χ0v) is 19.7. The number of hydrogen-bond acceptors (Lipinski definition) is 6. The lowest BCUT2D eigenvalue weighted by Gasteiger charge is -2.33. The number of fused-ring (bicyclic) bond motifs is 1. The van der Waals surface area contributed by atoms with E-state index in [9.17, 15) is 4.79 Å². The third kappa shape index (κ3) is 4.48. The summed E-state index contributed by atoms with van der Waals surface area (Å²) in [6, 6.07) is 15.8. The minimum atomic E-state index is -0.00165. The topological polar surface area (TPSA) is 84.9 Å². The van der Waals surface area contributed by atoms with Crippen molar-refractivity contribution < 1.29 is 13.9 Å². The Morgan fingerprint density at radius 1 is 1.12 bits per heavy atom. The number of nitrogens with one attached hydrogen (secondary N) is 1. The molecule has 176 valence electrons. The van der Waals surface area contributed by atoms with Crippen molar-refractivity contribution in [3.8, 4) is 17.0 Å². The van der Waals surface area contributed by atoms with Crippen LogP contribution in [0.5, 0.6) is 5.75 Å². The van der Waals surface area contributed by atoms with Gasteiger partial charge in [-0.3, -0.25) is 4.79 Å². The Hall–Kier alpha value is -3.81. The lowest BCUT2D eigenvalue weighted by molar-refractivity contribution is -0.125. The van der Waals surface area contributed by atoms with E-state index in [1.807, 2.05) is 60.8 Å². The summed E-state index contributed by atoms with van der Waals surface area (Å²) in [4.78, 5) is 19.7. The highest BCUT2D eigenvalue weighted by atomic mass is 16.5. The first-order chi connectivity index (χ1) is 16.5. The molecule has 1 aromatic carbocycles. The molecule has 8 heteroatoms. The summed E-state index contributed by atoms with van der Waals surface area (Å²) in [6.45, 7) is 5.90. The number of aromatic nitrogens is 3. The fourth-order valence-electron chi connectivity index (χ4n) is 4.48. The minimum Gasteiger partial charge on any atom is -0.497 e. The molecule has 8 nitrogen and oxygen atoms in total. The summed E-state index contributed by atoms with van der Waals surface area (Å²) in [5.74, 6) is 3.54. The van der Waals surface area contributed by atoms with Crippen LogP contribution in [0.25, 0.3) is 16.9 Å². The molecule has 0 radical (unpaired) electrons. The van der Waals surface area contributed by atoms with E-state index in [0.717, 1.165) is 71.6 Å². The number of amides is 1. The van der Waals surface area contributed by atoms with Crippen LogP contribution in [0.1, 0.15) is 30.1 Å². The molecule has 1 amide bonds. The zero-order chi connectivity index (χ0) is 23.7. The predicted octanol–water partition coefficient (Wildman–Crippen LogP) is 4.15. The average molecular weight is 460 g/mol. The summed E-state index contributed by atoms with van der Waals surface area (Å²) in [5, 5.41) is 7.87. The quantitative estimate of drug-likeness (QED) is 0.466. The second kappa shape index (κ2) is 9.21. The van der Waals surface area contributed by atoms with Crippen molar-refractivity contribution >= 4 is 17.4 Å². The number of rotatable bonds is 6. The number of aryl methyl sites for hydroxylation is 2. The SMILES string of the molecule is COc1ccc(-c2cc3nc(C)cc(N4CCC(C(=O)NCc5ccc(C)o5)CC4)n3n2)cc1. The van der Waals surface area contributed by atoms with Gasteiger partial charge in [0, 0.05) is 42.4 Å². The van der Waals surface area contributed by atoms with Gasteiger partial charge in [0.05, 0.1) is 19.3 Å². The second-order valence-corrected chi connectivity index (χ2v) is 8.78. The van der Waals surface area contributed by atoms with Crippen LogP contribution < -0.4 is 15.0 Å². The number of piperidine rings is 1. The van der Waals surface area contributed by atoms with Gasteiger partial charge in [-0.05, 0) is 63.1 Å². The highest BCUT2D eigenvalue weighted by Gasteiger charge is 2.27. The van der Waals surface area contributed by atoms with Gasteiger partial charge in [0.25, 0.3) is 0 Å². The predicted molar refractivity (Wildman–Crippen MR) is 130 cm³/mol. The number of carbonyl (C=O) groups is 1. The second-order valence-electron chi connectivity index (χ2n) is 8.78. The Morgan fingerprint density at radius 2 is 1.88 bits per heavy atom. The van der Waals surface area contributed by atoms with E-state index in [1.54, 1.807) is 7.11 Å². The first-order valence-electron chi connectivity index (χ1n) is 11.6. The lowest BCUT2D eigenvalue weighted by Crippen LogP contribution is -2.41. The van der Waals surface area contributed by atoms with Crippen LogP contribution in [-0.2, 0) is 11.3 Å². The Labute approximate surface area is 198 Å². The molecule has 0 saturated carbocycles. The van der Waals surface area contributed by atoms with E-state index in [0.29, 0.717) is 6.54 Å².